The molecule has 0 bridgehead atoms. The van der Waals surface area contributed by atoms with Crippen LogP contribution in [0.25, 0.3) is 0 Å². The second kappa shape index (κ2) is 10.4. The first-order valence-electron chi connectivity index (χ1n) is 8.63. The Balaban J connectivity index is 1.99. The van der Waals surface area contributed by atoms with Crippen molar-refractivity contribution in [3.05, 3.63) is 59.7 Å². The number of benzene rings is 2. The zero-order valence-electron chi connectivity index (χ0n) is 15.5. The minimum absolute atomic E-state index is 0.0723. The van der Waals surface area contributed by atoms with E-state index in [0.717, 1.165) is 11.1 Å². The smallest absolute Gasteiger partial charge is 0.472 e. The van der Waals surface area contributed by atoms with Crippen LogP contribution in [0.3, 0.4) is 0 Å². The highest BCUT2D eigenvalue weighted by Crippen LogP contribution is 2.43. The summed E-state index contributed by atoms with van der Waals surface area (Å²) in [4.78, 5) is 9.67. The van der Waals surface area contributed by atoms with Gasteiger partial charge in [-0.1, -0.05) is 35.4 Å². The minimum Gasteiger partial charge on any atom is -0.490 e. The van der Waals surface area contributed by atoms with Crippen LogP contribution in [0, 0.1) is 13.8 Å². The molecule has 0 aliphatic rings. The van der Waals surface area contributed by atoms with Crippen LogP contribution in [0.1, 0.15) is 11.1 Å². The van der Waals surface area contributed by atoms with E-state index in [4.69, 9.17) is 24.3 Å². The first-order valence-corrected chi connectivity index (χ1v) is 10.1. The quantitative estimate of drug-likeness (QED) is 0.564. The third-order valence-corrected chi connectivity index (χ3v) is 4.56. The van der Waals surface area contributed by atoms with E-state index in [-0.39, 0.29) is 26.4 Å². The van der Waals surface area contributed by atoms with Crippen molar-refractivity contribution in [3.63, 3.8) is 0 Å². The van der Waals surface area contributed by atoms with Crippen molar-refractivity contribution in [2.24, 2.45) is 5.73 Å². The minimum atomic E-state index is -4.19. The SMILES string of the molecule is Cc1ccc(OC[C@H](COP(=O)(O)OCCN)Oc2ccc(C)cc2)cc1. The number of phosphoric ester groups is 1. The zero-order chi connectivity index (χ0) is 19.7. The van der Waals surface area contributed by atoms with Gasteiger partial charge >= 0.3 is 7.82 Å². The summed E-state index contributed by atoms with van der Waals surface area (Å²) >= 11 is 0. The molecule has 0 saturated heterocycles. The number of ether oxygens (including phenoxy) is 2. The van der Waals surface area contributed by atoms with Gasteiger partial charge in [0, 0.05) is 6.54 Å². The molecular formula is C19H26NO6P. The number of aryl methyl sites for hydroxylation is 2. The van der Waals surface area contributed by atoms with Crippen LogP contribution >= 0.6 is 7.82 Å². The summed E-state index contributed by atoms with van der Waals surface area (Å²) < 4.78 is 33.2. The van der Waals surface area contributed by atoms with E-state index >= 15 is 0 Å². The van der Waals surface area contributed by atoms with E-state index < -0.39 is 13.9 Å². The lowest BCUT2D eigenvalue weighted by molar-refractivity contribution is 0.0587. The Morgan fingerprint density at radius 3 is 2.04 bits per heavy atom. The molecule has 0 spiro atoms. The molecule has 0 heterocycles. The fraction of sp³-hybridized carbons (Fsp3) is 0.368. The molecule has 0 amide bonds. The van der Waals surface area contributed by atoms with Crippen LogP contribution in [0.2, 0.25) is 0 Å². The molecule has 2 rings (SSSR count). The Morgan fingerprint density at radius 1 is 0.926 bits per heavy atom. The predicted molar refractivity (Wildman–Crippen MR) is 103 cm³/mol. The van der Waals surface area contributed by atoms with Gasteiger partial charge in [-0.05, 0) is 38.1 Å². The topological polar surface area (TPSA) is 100 Å². The fourth-order valence-corrected chi connectivity index (χ4v) is 2.90. The molecule has 0 saturated carbocycles. The van der Waals surface area contributed by atoms with E-state index in [0.29, 0.717) is 11.5 Å². The first-order chi connectivity index (χ1) is 12.9. The van der Waals surface area contributed by atoms with Gasteiger partial charge in [0.15, 0.2) is 6.10 Å². The van der Waals surface area contributed by atoms with E-state index in [2.05, 4.69) is 0 Å². The number of hydrogen-bond donors (Lipinski definition) is 2. The summed E-state index contributed by atoms with van der Waals surface area (Å²) in [6.07, 6.45) is -0.615. The van der Waals surface area contributed by atoms with Gasteiger partial charge in [-0.2, -0.15) is 0 Å². The normalized spacial score (nSPS) is 14.4. The average molecular weight is 395 g/mol. The van der Waals surface area contributed by atoms with E-state index in [1.165, 1.54) is 0 Å². The van der Waals surface area contributed by atoms with Gasteiger partial charge in [-0.3, -0.25) is 9.05 Å². The molecule has 7 nitrogen and oxygen atoms in total. The van der Waals surface area contributed by atoms with Gasteiger partial charge in [0.05, 0.1) is 13.2 Å². The van der Waals surface area contributed by atoms with Crippen molar-refractivity contribution in [1.29, 1.82) is 0 Å². The van der Waals surface area contributed by atoms with Crippen molar-refractivity contribution in [1.82, 2.24) is 0 Å². The average Bonchev–Trinajstić information content (AvgIpc) is 2.65. The van der Waals surface area contributed by atoms with Gasteiger partial charge in [-0.25, -0.2) is 4.57 Å². The van der Waals surface area contributed by atoms with Gasteiger partial charge in [-0.15, -0.1) is 0 Å². The summed E-state index contributed by atoms with van der Waals surface area (Å²) in [5, 5.41) is 0. The summed E-state index contributed by atoms with van der Waals surface area (Å²) in [7, 11) is -4.19. The Labute approximate surface area is 159 Å². The maximum Gasteiger partial charge on any atom is 0.472 e. The fourth-order valence-electron chi connectivity index (χ4n) is 2.13. The molecule has 0 aromatic heterocycles. The van der Waals surface area contributed by atoms with Gasteiger partial charge in [0.1, 0.15) is 18.1 Å². The van der Waals surface area contributed by atoms with Crippen LogP contribution in [-0.4, -0.2) is 37.4 Å². The van der Waals surface area contributed by atoms with Crippen LogP contribution < -0.4 is 15.2 Å². The van der Waals surface area contributed by atoms with Gasteiger partial charge < -0.3 is 20.1 Å². The molecule has 0 fully saturated rings. The van der Waals surface area contributed by atoms with E-state index in [1.807, 2.05) is 62.4 Å². The standard InChI is InChI=1S/C19H26NO6P/c1-15-3-7-17(8-4-15)23-13-19(14-25-27(21,22)24-12-11-20)26-18-9-5-16(2)6-10-18/h3-10,19H,11-14,20H2,1-2H3,(H,21,22)/t19-/m1/s1. The monoisotopic (exact) mass is 395 g/mol. The van der Waals surface area contributed by atoms with Crippen molar-refractivity contribution in [3.8, 4) is 11.5 Å². The third kappa shape index (κ3) is 8.12. The van der Waals surface area contributed by atoms with Crippen LogP contribution in [0.4, 0.5) is 0 Å². The number of rotatable bonds is 11. The van der Waals surface area contributed by atoms with Crippen molar-refractivity contribution in [2.75, 3.05) is 26.4 Å². The predicted octanol–water partition coefficient (Wildman–Crippen LogP) is 3.22. The molecule has 3 N–H and O–H groups in total. The molecule has 27 heavy (non-hydrogen) atoms. The zero-order valence-corrected chi connectivity index (χ0v) is 16.4. The Morgan fingerprint density at radius 2 is 1.48 bits per heavy atom. The second-order valence-electron chi connectivity index (χ2n) is 6.06. The molecule has 1 unspecified atom stereocenters. The number of phosphoric acid groups is 1. The Bertz CT molecular complexity index is 735. The molecule has 2 aromatic rings. The van der Waals surface area contributed by atoms with E-state index in [1.54, 1.807) is 0 Å². The highest BCUT2D eigenvalue weighted by Gasteiger charge is 2.24. The van der Waals surface area contributed by atoms with Crippen molar-refractivity contribution < 1.29 is 28.0 Å². The lowest BCUT2D eigenvalue weighted by atomic mass is 10.2. The lowest BCUT2D eigenvalue weighted by Crippen LogP contribution is -2.30. The lowest BCUT2D eigenvalue weighted by Gasteiger charge is -2.21. The van der Waals surface area contributed by atoms with Crippen molar-refractivity contribution >= 4 is 7.82 Å². The number of hydrogen-bond acceptors (Lipinski definition) is 6. The molecule has 0 aliphatic carbocycles. The van der Waals surface area contributed by atoms with Crippen molar-refractivity contribution in [2.45, 2.75) is 20.0 Å². The Hall–Kier alpha value is -1.89. The Kier molecular flexibility index (Phi) is 8.28. The molecule has 2 atom stereocenters. The number of nitrogens with two attached hydrogens (primary N) is 1. The summed E-state index contributed by atoms with van der Waals surface area (Å²) in [6, 6.07) is 15.0. The summed E-state index contributed by atoms with van der Waals surface area (Å²) in [5.74, 6) is 1.28. The molecule has 0 radical (unpaired) electrons. The van der Waals surface area contributed by atoms with Crippen LogP contribution in [-0.2, 0) is 13.6 Å². The van der Waals surface area contributed by atoms with Crippen LogP contribution in [0.5, 0.6) is 11.5 Å². The molecule has 2 aromatic carbocycles. The van der Waals surface area contributed by atoms with Gasteiger partial charge in [0.25, 0.3) is 0 Å². The maximum atomic E-state index is 11.8. The second-order valence-corrected chi connectivity index (χ2v) is 7.52. The molecular weight excluding hydrogens is 369 g/mol. The molecule has 148 valence electrons. The third-order valence-electron chi connectivity index (χ3n) is 3.58. The molecule has 0 aliphatic heterocycles. The van der Waals surface area contributed by atoms with Gasteiger partial charge in [0.2, 0.25) is 0 Å². The van der Waals surface area contributed by atoms with Crippen LogP contribution in [0.15, 0.2) is 48.5 Å². The summed E-state index contributed by atoms with van der Waals surface area (Å²) in [5.41, 5.74) is 7.49. The van der Waals surface area contributed by atoms with E-state index in [9.17, 15) is 9.46 Å². The first kappa shape index (κ1) is 21.4. The highest BCUT2D eigenvalue weighted by molar-refractivity contribution is 7.47. The maximum absolute atomic E-state index is 11.8. The largest absolute Gasteiger partial charge is 0.490 e. The summed E-state index contributed by atoms with van der Waals surface area (Å²) in [6.45, 7) is 3.96. The molecule has 8 heteroatoms. The highest BCUT2D eigenvalue weighted by atomic mass is 31.2.